The highest BCUT2D eigenvalue weighted by Gasteiger charge is 2.14. The molecule has 0 bridgehead atoms. The lowest BCUT2D eigenvalue weighted by atomic mass is 10.2. The van der Waals surface area contributed by atoms with Crippen molar-refractivity contribution in [3.63, 3.8) is 0 Å². The molecule has 0 atom stereocenters. The van der Waals surface area contributed by atoms with Gasteiger partial charge in [-0.25, -0.2) is 13.1 Å². The zero-order chi connectivity index (χ0) is 22.8. The summed E-state index contributed by atoms with van der Waals surface area (Å²) in [5.74, 6) is -0.203. The Morgan fingerprint density at radius 3 is 2.41 bits per heavy atom. The SMILES string of the molecule is CN(CCCNC(=O)c1ccc(S(=O)(=O)NCCc2cccs2)cc1)Cc1ccccc1. The highest BCUT2D eigenvalue weighted by molar-refractivity contribution is 7.89. The number of rotatable bonds is 12. The van der Waals surface area contributed by atoms with E-state index in [2.05, 4.69) is 34.1 Å². The molecule has 0 spiro atoms. The molecule has 8 heteroatoms. The molecule has 1 aromatic heterocycles. The van der Waals surface area contributed by atoms with Crippen LogP contribution in [-0.4, -0.2) is 45.9 Å². The maximum Gasteiger partial charge on any atom is 0.251 e. The number of hydrogen-bond donors (Lipinski definition) is 2. The Labute approximate surface area is 194 Å². The molecular weight excluding hydrogens is 442 g/mol. The summed E-state index contributed by atoms with van der Waals surface area (Å²) in [6.07, 6.45) is 1.48. The fourth-order valence-electron chi connectivity index (χ4n) is 3.26. The minimum absolute atomic E-state index is 0.155. The molecule has 3 aromatic rings. The second kappa shape index (κ2) is 11.9. The van der Waals surface area contributed by atoms with Crippen molar-refractivity contribution in [3.8, 4) is 0 Å². The first-order valence-corrected chi connectivity index (χ1v) is 12.9. The zero-order valence-electron chi connectivity index (χ0n) is 18.2. The van der Waals surface area contributed by atoms with E-state index < -0.39 is 10.0 Å². The molecule has 3 rings (SSSR count). The highest BCUT2D eigenvalue weighted by Crippen LogP contribution is 2.12. The molecule has 0 saturated carbocycles. The van der Waals surface area contributed by atoms with Gasteiger partial charge in [-0.1, -0.05) is 36.4 Å². The first-order valence-electron chi connectivity index (χ1n) is 10.6. The predicted molar refractivity (Wildman–Crippen MR) is 129 cm³/mol. The number of thiophene rings is 1. The summed E-state index contributed by atoms with van der Waals surface area (Å²) in [5.41, 5.74) is 1.70. The van der Waals surface area contributed by atoms with Crippen LogP contribution < -0.4 is 10.0 Å². The van der Waals surface area contributed by atoms with Gasteiger partial charge in [-0.3, -0.25) is 4.79 Å². The van der Waals surface area contributed by atoms with Crippen molar-refractivity contribution in [3.05, 3.63) is 88.1 Å². The fraction of sp³-hybridized carbons (Fsp3) is 0.292. The summed E-state index contributed by atoms with van der Waals surface area (Å²) < 4.78 is 27.5. The number of carbonyl (C=O) groups is 1. The molecule has 2 aromatic carbocycles. The summed E-state index contributed by atoms with van der Waals surface area (Å²) in [4.78, 5) is 15.9. The first kappa shape index (κ1) is 24.1. The molecule has 1 amide bonds. The van der Waals surface area contributed by atoms with Crippen LogP contribution in [0, 0.1) is 0 Å². The second-order valence-electron chi connectivity index (χ2n) is 7.58. The second-order valence-corrected chi connectivity index (χ2v) is 10.4. The molecule has 0 saturated heterocycles. The number of amides is 1. The van der Waals surface area contributed by atoms with Gasteiger partial charge < -0.3 is 10.2 Å². The Morgan fingerprint density at radius 1 is 0.969 bits per heavy atom. The lowest BCUT2D eigenvalue weighted by Crippen LogP contribution is -2.28. The minimum atomic E-state index is -3.59. The predicted octanol–water partition coefficient (Wildman–Crippen LogP) is 3.52. The minimum Gasteiger partial charge on any atom is -0.352 e. The van der Waals surface area contributed by atoms with Crippen molar-refractivity contribution in [1.82, 2.24) is 14.9 Å². The molecule has 1 heterocycles. The van der Waals surface area contributed by atoms with Gasteiger partial charge in [0.1, 0.15) is 0 Å². The standard InChI is InChI=1S/C24H29N3O3S2/c1-27(19-20-7-3-2-4-8-20)17-6-15-25-24(28)21-10-12-23(13-11-21)32(29,30)26-16-14-22-9-5-18-31-22/h2-5,7-13,18,26H,6,14-17,19H2,1H3,(H,25,28). The van der Waals surface area contributed by atoms with Crippen LogP contribution in [-0.2, 0) is 23.0 Å². The maximum atomic E-state index is 12.4. The van der Waals surface area contributed by atoms with E-state index in [1.807, 2.05) is 35.7 Å². The van der Waals surface area contributed by atoms with E-state index in [4.69, 9.17) is 0 Å². The Hall–Kier alpha value is -2.52. The molecule has 0 aliphatic carbocycles. The Kier molecular flexibility index (Phi) is 8.99. The average Bonchev–Trinajstić information content (AvgIpc) is 3.31. The number of nitrogens with zero attached hydrogens (tertiary/aromatic N) is 1. The van der Waals surface area contributed by atoms with Gasteiger partial charge in [0.05, 0.1) is 4.90 Å². The van der Waals surface area contributed by atoms with E-state index in [1.165, 1.54) is 17.7 Å². The molecule has 170 valence electrons. The zero-order valence-corrected chi connectivity index (χ0v) is 19.8. The summed E-state index contributed by atoms with van der Waals surface area (Å²) >= 11 is 1.60. The quantitative estimate of drug-likeness (QED) is 0.396. The molecule has 32 heavy (non-hydrogen) atoms. The molecule has 0 fully saturated rings. The molecule has 6 nitrogen and oxygen atoms in total. The van der Waals surface area contributed by atoms with Crippen LogP contribution in [0.5, 0.6) is 0 Å². The lowest BCUT2D eigenvalue weighted by molar-refractivity contribution is 0.0951. The van der Waals surface area contributed by atoms with E-state index in [1.54, 1.807) is 23.5 Å². The largest absolute Gasteiger partial charge is 0.352 e. The number of nitrogens with one attached hydrogen (secondary N) is 2. The smallest absolute Gasteiger partial charge is 0.251 e. The van der Waals surface area contributed by atoms with Gasteiger partial charge in [0.2, 0.25) is 10.0 Å². The third-order valence-corrected chi connectivity index (χ3v) is 7.38. The fourth-order valence-corrected chi connectivity index (χ4v) is 5.00. The van der Waals surface area contributed by atoms with E-state index in [0.717, 1.165) is 24.4 Å². The first-order chi connectivity index (χ1) is 15.4. The maximum absolute atomic E-state index is 12.4. The van der Waals surface area contributed by atoms with E-state index >= 15 is 0 Å². The summed E-state index contributed by atoms with van der Waals surface area (Å²) in [5, 5.41) is 4.87. The monoisotopic (exact) mass is 471 g/mol. The van der Waals surface area contributed by atoms with Crippen LogP contribution in [0.15, 0.2) is 77.0 Å². The van der Waals surface area contributed by atoms with Crippen LogP contribution in [0.25, 0.3) is 0 Å². The van der Waals surface area contributed by atoms with Crippen molar-refractivity contribution < 1.29 is 13.2 Å². The molecule has 0 aliphatic heterocycles. The van der Waals surface area contributed by atoms with Crippen LogP contribution in [0.2, 0.25) is 0 Å². The average molecular weight is 472 g/mol. The molecular formula is C24H29N3O3S2. The highest BCUT2D eigenvalue weighted by atomic mass is 32.2. The van der Waals surface area contributed by atoms with Gasteiger partial charge >= 0.3 is 0 Å². The van der Waals surface area contributed by atoms with Gasteiger partial charge in [0, 0.05) is 30.1 Å². The van der Waals surface area contributed by atoms with Crippen molar-refractivity contribution >= 4 is 27.3 Å². The Bertz CT molecular complexity index is 1070. The lowest BCUT2D eigenvalue weighted by Gasteiger charge is -2.16. The van der Waals surface area contributed by atoms with Gasteiger partial charge in [-0.05, 0) is 67.7 Å². The molecule has 0 unspecified atom stereocenters. The van der Waals surface area contributed by atoms with E-state index in [9.17, 15) is 13.2 Å². The van der Waals surface area contributed by atoms with Crippen molar-refractivity contribution in [2.24, 2.45) is 0 Å². The van der Waals surface area contributed by atoms with Gasteiger partial charge in [0.15, 0.2) is 0 Å². The number of carbonyl (C=O) groups excluding carboxylic acids is 1. The molecule has 0 aliphatic rings. The summed E-state index contributed by atoms with van der Waals surface area (Å²) in [7, 11) is -1.54. The number of benzene rings is 2. The number of hydrogen-bond acceptors (Lipinski definition) is 5. The van der Waals surface area contributed by atoms with Crippen LogP contribution in [0.3, 0.4) is 0 Å². The van der Waals surface area contributed by atoms with Crippen LogP contribution in [0.1, 0.15) is 27.2 Å². The van der Waals surface area contributed by atoms with Crippen molar-refractivity contribution in [2.75, 3.05) is 26.7 Å². The van der Waals surface area contributed by atoms with Crippen LogP contribution >= 0.6 is 11.3 Å². The third kappa shape index (κ3) is 7.56. The van der Waals surface area contributed by atoms with Gasteiger partial charge in [-0.2, -0.15) is 0 Å². The summed E-state index contributed by atoms with van der Waals surface area (Å²) in [6, 6.07) is 20.2. The van der Waals surface area contributed by atoms with Gasteiger partial charge in [-0.15, -0.1) is 11.3 Å². The van der Waals surface area contributed by atoms with Crippen molar-refractivity contribution in [2.45, 2.75) is 24.3 Å². The Balaban J connectivity index is 1.40. The molecule has 2 N–H and O–H groups in total. The Morgan fingerprint density at radius 2 is 1.72 bits per heavy atom. The summed E-state index contributed by atoms with van der Waals surface area (Å²) in [6.45, 7) is 2.63. The van der Waals surface area contributed by atoms with E-state index in [-0.39, 0.29) is 10.8 Å². The van der Waals surface area contributed by atoms with Crippen LogP contribution in [0.4, 0.5) is 0 Å². The van der Waals surface area contributed by atoms with Crippen molar-refractivity contribution in [1.29, 1.82) is 0 Å². The topological polar surface area (TPSA) is 78.5 Å². The van der Waals surface area contributed by atoms with Gasteiger partial charge in [0.25, 0.3) is 5.91 Å². The molecule has 0 radical (unpaired) electrons. The van der Waals surface area contributed by atoms with E-state index in [0.29, 0.717) is 25.1 Å². The number of sulfonamides is 1. The third-order valence-electron chi connectivity index (χ3n) is 4.97. The normalized spacial score (nSPS) is 11.6.